The van der Waals surface area contributed by atoms with E-state index >= 15 is 0 Å². The van der Waals surface area contributed by atoms with E-state index in [1.165, 1.54) is 11.8 Å². The van der Waals surface area contributed by atoms with Crippen molar-refractivity contribution in [3.8, 4) is 5.75 Å². The van der Waals surface area contributed by atoms with Gasteiger partial charge in [-0.25, -0.2) is 9.97 Å². The van der Waals surface area contributed by atoms with Gasteiger partial charge in [0.05, 0.1) is 6.61 Å². The van der Waals surface area contributed by atoms with Gasteiger partial charge < -0.3 is 14.5 Å². The van der Waals surface area contributed by atoms with Gasteiger partial charge in [0.25, 0.3) is 5.91 Å². The van der Waals surface area contributed by atoms with Gasteiger partial charge in [-0.15, -0.1) is 0 Å². The molecule has 0 bridgehead atoms. The molecule has 31 heavy (non-hydrogen) atoms. The molecule has 0 unspecified atom stereocenters. The lowest BCUT2D eigenvalue weighted by molar-refractivity contribution is 0.0924. The number of hydrogen-bond donors (Lipinski definition) is 1. The average Bonchev–Trinajstić information content (AvgIpc) is 3.19. The number of nitrogens with zero attached hydrogens (tertiary/aromatic N) is 2. The highest BCUT2D eigenvalue weighted by molar-refractivity contribution is 7.98. The van der Waals surface area contributed by atoms with Crippen LogP contribution in [0.25, 0.3) is 11.0 Å². The fourth-order valence-electron chi connectivity index (χ4n) is 3.15. The van der Waals surface area contributed by atoms with Crippen LogP contribution in [-0.4, -0.2) is 22.5 Å². The zero-order chi connectivity index (χ0) is 21.5. The molecule has 0 atom stereocenters. The highest BCUT2D eigenvalue weighted by Gasteiger charge is 2.20. The zero-order valence-corrected chi connectivity index (χ0v) is 18.0. The van der Waals surface area contributed by atoms with Crippen molar-refractivity contribution in [2.75, 3.05) is 6.61 Å². The van der Waals surface area contributed by atoms with Gasteiger partial charge in [0.2, 0.25) is 0 Å². The Balaban J connectivity index is 1.51. The van der Waals surface area contributed by atoms with Crippen LogP contribution >= 0.6 is 11.8 Å². The van der Waals surface area contributed by atoms with E-state index in [-0.39, 0.29) is 5.91 Å². The first-order valence-corrected chi connectivity index (χ1v) is 11.1. The number of carbonyl (C=O) groups excluding carboxylic acids is 1. The van der Waals surface area contributed by atoms with Gasteiger partial charge in [-0.2, -0.15) is 0 Å². The van der Waals surface area contributed by atoms with E-state index < -0.39 is 0 Å². The van der Waals surface area contributed by atoms with Crippen molar-refractivity contribution in [3.63, 3.8) is 0 Å². The summed E-state index contributed by atoms with van der Waals surface area (Å²) in [7, 11) is 0. The number of benzene rings is 2. The Hall–Kier alpha value is -3.32. The van der Waals surface area contributed by atoms with E-state index in [1.807, 2.05) is 48.5 Å². The molecular weight excluding hydrogens is 410 g/mol. The molecule has 0 saturated heterocycles. The fourth-order valence-corrected chi connectivity index (χ4v) is 3.98. The first-order valence-electron chi connectivity index (χ1n) is 10.1. The van der Waals surface area contributed by atoms with Crippen molar-refractivity contribution in [2.45, 2.75) is 30.8 Å². The number of nitrogens with one attached hydrogen (secondary N) is 1. The van der Waals surface area contributed by atoms with E-state index in [0.717, 1.165) is 28.7 Å². The molecule has 0 saturated carbocycles. The maximum atomic E-state index is 13.0. The molecule has 7 heteroatoms. The lowest BCUT2D eigenvalue weighted by atomic mass is 10.1. The predicted octanol–water partition coefficient (Wildman–Crippen LogP) is 5.23. The summed E-state index contributed by atoms with van der Waals surface area (Å²) >= 11 is 1.47. The molecule has 4 aromatic rings. The van der Waals surface area contributed by atoms with E-state index in [9.17, 15) is 4.79 Å². The van der Waals surface area contributed by atoms with Gasteiger partial charge >= 0.3 is 0 Å². The van der Waals surface area contributed by atoms with Crippen LogP contribution in [0.4, 0.5) is 0 Å². The first-order chi connectivity index (χ1) is 15.2. The Morgan fingerprint density at radius 1 is 1.10 bits per heavy atom. The third kappa shape index (κ3) is 5.24. The van der Waals surface area contributed by atoms with Gasteiger partial charge in [-0.1, -0.05) is 49.0 Å². The second-order valence-corrected chi connectivity index (χ2v) is 7.85. The summed E-state index contributed by atoms with van der Waals surface area (Å²) in [5, 5.41) is 4.55. The van der Waals surface area contributed by atoms with Crippen LogP contribution < -0.4 is 10.1 Å². The monoisotopic (exact) mass is 433 g/mol. The number of furan rings is 1. The summed E-state index contributed by atoms with van der Waals surface area (Å²) in [6.45, 7) is 3.12. The van der Waals surface area contributed by atoms with Crippen molar-refractivity contribution in [3.05, 3.63) is 83.9 Å². The topological polar surface area (TPSA) is 77.2 Å². The minimum absolute atomic E-state index is 0.249. The quantitative estimate of drug-likeness (QED) is 0.288. The minimum Gasteiger partial charge on any atom is -0.494 e. The van der Waals surface area contributed by atoms with Crippen molar-refractivity contribution < 1.29 is 13.9 Å². The molecule has 0 aliphatic carbocycles. The normalized spacial score (nSPS) is 10.9. The number of rotatable bonds is 9. The van der Waals surface area contributed by atoms with E-state index in [1.54, 1.807) is 18.5 Å². The molecule has 2 aromatic heterocycles. The maximum Gasteiger partial charge on any atom is 0.287 e. The molecule has 4 rings (SSSR count). The molecule has 1 N–H and O–H groups in total. The second kappa shape index (κ2) is 10.1. The van der Waals surface area contributed by atoms with Crippen LogP contribution in [0.2, 0.25) is 0 Å². The van der Waals surface area contributed by atoms with Crippen LogP contribution in [-0.2, 0) is 12.3 Å². The highest BCUT2D eigenvalue weighted by Crippen LogP contribution is 2.31. The molecule has 0 spiro atoms. The Bertz CT molecular complexity index is 1160. The predicted molar refractivity (Wildman–Crippen MR) is 121 cm³/mol. The molecule has 0 fully saturated rings. The Labute approximate surface area is 185 Å². The molecule has 158 valence electrons. The van der Waals surface area contributed by atoms with Gasteiger partial charge in [0.1, 0.15) is 11.3 Å². The number of fused-ring (bicyclic) bond motifs is 1. The Morgan fingerprint density at radius 2 is 1.94 bits per heavy atom. The van der Waals surface area contributed by atoms with Crippen molar-refractivity contribution in [2.24, 2.45) is 0 Å². The lowest BCUT2D eigenvalue weighted by Crippen LogP contribution is -2.23. The van der Waals surface area contributed by atoms with Gasteiger partial charge in [-0.05, 0) is 36.2 Å². The Kier molecular flexibility index (Phi) is 6.84. The van der Waals surface area contributed by atoms with Crippen LogP contribution in [0, 0.1) is 0 Å². The fraction of sp³-hybridized carbons (Fsp3) is 0.208. The summed E-state index contributed by atoms with van der Waals surface area (Å²) < 4.78 is 11.6. The summed E-state index contributed by atoms with van der Waals surface area (Å²) in [5.41, 5.74) is 2.49. The standard InChI is InChI=1S/C24H23N3O3S/c1-2-13-29-18-8-5-7-17(14-18)15-27-23(28)22-20(16-31-24-25-11-6-12-26-24)19-9-3-4-10-21(19)30-22/h3-12,14H,2,13,15-16H2,1H3,(H,27,28). The number of para-hydroxylation sites is 1. The van der Waals surface area contributed by atoms with Crippen LogP contribution in [0.5, 0.6) is 5.75 Å². The van der Waals surface area contributed by atoms with Gasteiger partial charge in [-0.3, -0.25) is 4.79 Å². The molecule has 0 radical (unpaired) electrons. The number of aromatic nitrogens is 2. The molecule has 0 aliphatic rings. The number of ether oxygens (including phenoxy) is 1. The smallest absolute Gasteiger partial charge is 0.287 e. The summed E-state index contributed by atoms with van der Waals surface area (Å²) in [4.78, 5) is 21.5. The van der Waals surface area contributed by atoms with Gasteiger partial charge in [0, 0.05) is 35.6 Å². The minimum atomic E-state index is -0.249. The first kappa shape index (κ1) is 20.9. The third-order valence-electron chi connectivity index (χ3n) is 4.62. The summed E-state index contributed by atoms with van der Waals surface area (Å²) in [6, 6.07) is 17.2. The molecule has 1 amide bonds. The van der Waals surface area contributed by atoms with Crippen molar-refractivity contribution >= 4 is 28.6 Å². The average molecular weight is 434 g/mol. The summed E-state index contributed by atoms with van der Waals surface area (Å²) in [5.74, 6) is 1.41. The SMILES string of the molecule is CCCOc1cccc(CNC(=O)c2oc3ccccc3c2CSc2ncccn2)c1. The zero-order valence-electron chi connectivity index (χ0n) is 17.2. The molecule has 2 aromatic carbocycles. The van der Waals surface area contributed by atoms with Crippen LogP contribution in [0.1, 0.15) is 35.0 Å². The maximum absolute atomic E-state index is 13.0. The van der Waals surface area contributed by atoms with Crippen molar-refractivity contribution in [1.29, 1.82) is 0 Å². The number of carbonyl (C=O) groups is 1. The lowest BCUT2D eigenvalue weighted by Gasteiger charge is -2.08. The van der Waals surface area contributed by atoms with E-state index in [2.05, 4.69) is 22.2 Å². The largest absolute Gasteiger partial charge is 0.494 e. The number of thioether (sulfide) groups is 1. The highest BCUT2D eigenvalue weighted by atomic mass is 32.2. The van der Waals surface area contributed by atoms with Crippen LogP contribution in [0.3, 0.4) is 0 Å². The van der Waals surface area contributed by atoms with Crippen molar-refractivity contribution in [1.82, 2.24) is 15.3 Å². The summed E-state index contributed by atoms with van der Waals surface area (Å²) in [6.07, 6.45) is 4.35. The third-order valence-corrected chi connectivity index (χ3v) is 5.52. The number of amides is 1. The molecular formula is C24H23N3O3S. The molecule has 2 heterocycles. The number of hydrogen-bond acceptors (Lipinski definition) is 6. The van der Waals surface area contributed by atoms with Crippen LogP contribution in [0.15, 0.2) is 76.6 Å². The molecule has 0 aliphatic heterocycles. The Morgan fingerprint density at radius 3 is 2.77 bits per heavy atom. The second-order valence-electron chi connectivity index (χ2n) is 6.90. The van der Waals surface area contributed by atoms with E-state index in [4.69, 9.17) is 9.15 Å². The van der Waals surface area contributed by atoms with Gasteiger partial charge in [0.15, 0.2) is 10.9 Å². The van der Waals surface area contributed by atoms with E-state index in [0.29, 0.717) is 35.4 Å². The molecule has 6 nitrogen and oxygen atoms in total.